The van der Waals surface area contributed by atoms with Crippen molar-refractivity contribution in [1.82, 2.24) is 30.4 Å². The molecule has 1 aromatic carbocycles. The van der Waals surface area contributed by atoms with Gasteiger partial charge < -0.3 is 15.7 Å². The molecule has 1 aliphatic rings. The lowest BCUT2D eigenvalue weighted by atomic mass is 10.1. The van der Waals surface area contributed by atoms with Crippen molar-refractivity contribution in [3.63, 3.8) is 0 Å². The summed E-state index contributed by atoms with van der Waals surface area (Å²) < 4.78 is 0. The normalized spacial score (nSPS) is 16.1. The fourth-order valence-corrected chi connectivity index (χ4v) is 4.74. The highest BCUT2D eigenvalue weighted by Gasteiger charge is 2.23. The Bertz CT molecular complexity index is 938. The van der Waals surface area contributed by atoms with Crippen molar-refractivity contribution in [2.45, 2.75) is 45.1 Å². The Labute approximate surface area is 215 Å². The van der Waals surface area contributed by atoms with Crippen LogP contribution in [0.15, 0.2) is 73.1 Å². The first-order chi connectivity index (χ1) is 17.8. The molecular weight excluding hydrogens is 448 g/mol. The first-order valence-corrected chi connectivity index (χ1v) is 13.2. The number of hydrogen-bond donors (Lipinski definition) is 3. The molecule has 3 heterocycles. The summed E-state index contributed by atoms with van der Waals surface area (Å²) in [6.07, 6.45) is 5.97. The topological polar surface area (TPSA) is 76.6 Å². The lowest BCUT2D eigenvalue weighted by Gasteiger charge is -2.24. The van der Waals surface area contributed by atoms with Crippen LogP contribution >= 0.6 is 0 Å². The minimum atomic E-state index is 0.260. The smallest absolute Gasteiger partial charge is 0.0587 e. The number of rotatable bonds is 15. The molecule has 3 N–H and O–H groups in total. The van der Waals surface area contributed by atoms with Crippen LogP contribution in [0.1, 0.15) is 35.4 Å². The Kier molecular flexibility index (Phi) is 10.8. The van der Waals surface area contributed by atoms with E-state index in [-0.39, 0.29) is 6.61 Å². The van der Waals surface area contributed by atoms with Crippen molar-refractivity contribution in [3.05, 3.63) is 95.6 Å². The highest BCUT2D eigenvalue weighted by molar-refractivity contribution is 5.22. The van der Waals surface area contributed by atoms with E-state index >= 15 is 0 Å². The van der Waals surface area contributed by atoms with Gasteiger partial charge in [-0.05, 0) is 54.8 Å². The highest BCUT2D eigenvalue weighted by Crippen LogP contribution is 2.20. The average Bonchev–Trinajstić information content (AvgIpc) is 3.38. The van der Waals surface area contributed by atoms with Crippen LogP contribution in [0.2, 0.25) is 0 Å². The molecule has 1 fully saturated rings. The Morgan fingerprint density at radius 3 is 2.00 bits per heavy atom. The largest absolute Gasteiger partial charge is 0.395 e. The lowest BCUT2D eigenvalue weighted by molar-refractivity contribution is 0.153. The van der Waals surface area contributed by atoms with Crippen LogP contribution in [0.5, 0.6) is 0 Å². The van der Waals surface area contributed by atoms with Gasteiger partial charge in [-0.3, -0.25) is 19.8 Å². The number of aromatic nitrogens is 2. The van der Waals surface area contributed by atoms with E-state index in [2.05, 4.69) is 66.8 Å². The van der Waals surface area contributed by atoms with Crippen LogP contribution in [0.4, 0.5) is 0 Å². The number of nitrogens with zero attached hydrogens (tertiary/aromatic N) is 4. The van der Waals surface area contributed by atoms with Crippen molar-refractivity contribution in [1.29, 1.82) is 0 Å². The van der Waals surface area contributed by atoms with Crippen LogP contribution in [-0.4, -0.2) is 70.2 Å². The quantitative estimate of drug-likeness (QED) is 0.284. The minimum Gasteiger partial charge on any atom is -0.395 e. The molecule has 192 valence electrons. The van der Waals surface area contributed by atoms with Crippen LogP contribution in [-0.2, 0) is 26.2 Å². The number of aliphatic hydroxyl groups is 1. The summed E-state index contributed by atoms with van der Waals surface area (Å²) in [4.78, 5) is 13.7. The van der Waals surface area contributed by atoms with Crippen LogP contribution in [0, 0.1) is 0 Å². The number of hydrogen-bond acceptors (Lipinski definition) is 7. The maximum atomic E-state index is 9.60. The predicted octanol–water partition coefficient (Wildman–Crippen LogP) is 2.81. The van der Waals surface area contributed by atoms with Gasteiger partial charge in [0.05, 0.1) is 18.0 Å². The number of nitrogens with one attached hydrogen (secondary N) is 2. The molecule has 36 heavy (non-hydrogen) atoms. The molecular formula is C29H40N6O. The average molecular weight is 489 g/mol. The SMILES string of the molecule is OC[C@H]1CCCN1Cc1ccc(CN(CCNCc2ccccn2)CCNCc2ccccn2)cc1. The second-order valence-corrected chi connectivity index (χ2v) is 9.54. The maximum Gasteiger partial charge on any atom is 0.0587 e. The van der Waals surface area contributed by atoms with Crippen molar-refractivity contribution < 1.29 is 5.11 Å². The van der Waals surface area contributed by atoms with Gasteiger partial charge in [-0.25, -0.2) is 0 Å². The summed E-state index contributed by atoms with van der Waals surface area (Å²) in [6.45, 7) is 8.49. The van der Waals surface area contributed by atoms with Gasteiger partial charge in [0.25, 0.3) is 0 Å². The second-order valence-electron chi connectivity index (χ2n) is 9.54. The Morgan fingerprint density at radius 1 is 0.833 bits per heavy atom. The Hall–Kier alpha value is -2.68. The zero-order valence-electron chi connectivity index (χ0n) is 21.2. The molecule has 4 rings (SSSR count). The lowest BCUT2D eigenvalue weighted by Crippen LogP contribution is -2.36. The van der Waals surface area contributed by atoms with Gasteiger partial charge in [0.2, 0.25) is 0 Å². The van der Waals surface area contributed by atoms with E-state index in [4.69, 9.17) is 0 Å². The molecule has 2 aromatic heterocycles. The number of likely N-dealkylation sites (tertiary alicyclic amines) is 1. The molecule has 3 aromatic rings. The molecule has 0 unspecified atom stereocenters. The third-order valence-electron chi connectivity index (χ3n) is 6.80. The van der Waals surface area contributed by atoms with Gasteiger partial charge in [0.1, 0.15) is 0 Å². The van der Waals surface area contributed by atoms with Crippen LogP contribution in [0.25, 0.3) is 0 Å². The fourth-order valence-electron chi connectivity index (χ4n) is 4.74. The number of benzene rings is 1. The predicted molar refractivity (Wildman–Crippen MR) is 144 cm³/mol. The second kappa shape index (κ2) is 14.8. The van der Waals surface area contributed by atoms with Crippen molar-refractivity contribution >= 4 is 0 Å². The fraction of sp³-hybridized carbons (Fsp3) is 0.448. The van der Waals surface area contributed by atoms with Gasteiger partial charge in [-0.15, -0.1) is 0 Å². The zero-order chi connectivity index (χ0) is 24.8. The molecule has 1 aliphatic heterocycles. The number of aliphatic hydroxyl groups excluding tert-OH is 1. The molecule has 7 heteroatoms. The maximum absolute atomic E-state index is 9.60. The van der Waals surface area contributed by atoms with E-state index in [9.17, 15) is 5.11 Å². The van der Waals surface area contributed by atoms with E-state index in [1.54, 1.807) is 0 Å². The Balaban J connectivity index is 1.26. The van der Waals surface area contributed by atoms with Crippen molar-refractivity contribution in [2.24, 2.45) is 0 Å². The molecule has 0 amide bonds. The van der Waals surface area contributed by atoms with Gasteiger partial charge in [-0.1, -0.05) is 36.4 Å². The molecule has 0 saturated carbocycles. The summed E-state index contributed by atoms with van der Waals surface area (Å²) in [6, 6.07) is 21.4. The van der Waals surface area contributed by atoms with Gasteiger partial charge in [0, 0.05) is 70.8 Å². The number of pyridine rings is 2. The van der Waals surface area contributed by atoms with Gasteiger partial charge in [-0.2, -0.15) is 0 Å². The van der Waals surface area contributed by atoms with Crippen LogP contribution in [0.3, 0.4) is 0 Å². The summed E-state index contributed by atoms with van der Waals surface area (Å²) >= 11 is 0. The third-order valence-corrected chi connectivity index (χ3v) is 6.80. The van der Waals surface area contributed by atoms with Gasteiger partial charge >= 0.3 is 0 Å². The van der Waals surface area contributed by atoms with Gasteiger partial charge in [0.15, 0.2) is 0 Å². The molecule has 0 radical (unpaired) electrons. The van der Waals surface area contributed by atoms with Crippen LogP contribution < -0.4 is 10.6 Å². The minimum absolute atomic E-state index is 0.260. The molecule has 0 spiro atoms. The van der Waals surface area contributed by atoms with E-state index in [0.717, 1.165) is 76.7 Å². The van der Waals surface area contributed by atoms with Crippen molar-refractivity contribution in [2.75, 3.05) is 39.3 Å². The molecule has 1 atom stereocenters. The van der Waals surface area contributed by atoms with Crippen molar-refractivity contribution in [3.8, 4) is 0 Å². The molecule has 1 saturated heterocycles. The standard InChI is InChI=1S/C29H40N6O/c36-24-29-8-5-17-35(29)23-26-11-9-25(10-12-26)22-34(18-15-30-20-27-6-1-3-13-32-27)19-16-31-21-28-7-2-4-14-33-28/h1-4,6-7,9-14,29-31,36H,5,8,15-24H2/t29-/m1/s1. The van der Waals surface area contributed by atoms with E-state index < -0.39 is 0 Å². The summed E-state index contributed by atoms with van der Waals surface area (Å²) in [5.74, 6) is 0. The monoisotopic (exact) mass is 488 g/mol. The highest BCUT2D eigenvalue weighted by atomic mass is 16.3. The van der Waals surface area contributed by atoms with E-state index in [0.29, 0.717) is 6.04 Å². The molecule has 0 bridgehead atoms. The Morgan fingerprint density at radius 2 is 1.44 bits per heavy atom. The van der Waals surface area contributed by atoms with E-state index in [1.165, 1.54) is 17.5 Å². The molecule has 7 nitrogen and oxygen atoms in total. The van der Waals surface area contributed by atoms with E-state index in [1.807, 2.05) is 36.7 Å². The summed E-state index contributed by atoms with van der Waals surface area (Å²) in [7, 11) is 0. The first kappa shape index (κ1) is 26.4. The summed E-state index contributed by atoms with van der Waals surface area (Å²) in [5, 5.41) is 16.7. The molecule has 0 aliphatic carbocycles. The third kappa shape index (κ3) is 8.76. The summed E-state index contributed by atoms with van der Waals surface area (Å²) in [5.41, 5.74) is 4.78. The first-order valence-electron chi connectivity index (χ1n) is 13.2. The zero-order valence-corrected chi connectivity index (χ0v) is 21.2.